The molecule has 0 atom stereocenters. The highest BCUT2D eigenvalue weighted by Crippen LogP contribution is 2.11. The van der Waals surface area contributed by atoms with Crippen molar-refractivity contribution in [2.75, 3.05) is 19.6 Å². The Morgan fingerprint density at radius 3 is 2.93 bits per heavy atom. The third-order valence-corrected chi connectivity index (χ3v) is 2.24. The maximum absolute atomic E-state index is 5.29. The van der Waals surface area contributed by atoms with Gasteiger partial charge in [0.05, 0.1) is 12.2 Å². The van der Waals surface area contributed by atoms with Gasteiger partial charge in [0.1, 0.15) is 0 Å². The molecule has 1 aliphatic heterocycles. The Labute approximate surface area is 89.8 Å². The Kier molecular flexibility index (Phi) is 2.89. The summed E-state index contributed by atoms with van der Waals surface area (Å²) in [6, 6.07) is 9.87. The molecular weight excluding hydrogens is 186 g/mol. The van der Waals surface area contributed by atoms with Crippen LogP contribution in [-0.4, -0.2) is 30.5 Å². The van der Waals surface area contributed by atoms with Gasteiger partial charge >= 0.3 is 0 Å². The van der Waals surface area contributed by atoms with Gasteiger partial charge in [-0.05, 0) is 12.1 Å². The van der Waals surface area contributed by atoms with Crippen LogP contribution in [0.5, 0.6) is 0 Å². The van der Waals surface area contributed by atoms with Crippen molar-refractivity contribution >= 4 is 11.6 Å². The van der Waals surface area contributed by atoms with Crippen molar-refractivity contribution in [2.45, 2.75) is 0 Å². The summed E-state index contributed by atoms with van der Waals surface area (Å²) in [6.07, 6.45) is 5.29. The highest BCUT2D eigenvalue weighted by atomic mass is 15.3. The molecule has 3 heteroatoms. The topological polar surface area (TPSA) is 27.6 Å². The lowest BCUT2D eigenvalue weighted by Gasteiger charge is -2.13. The molecule has 15 heavy (non-hydrogen) atoms. The molecule has 1 aromatic rings. The molecule has 1 fully saturated rings. The zero-order valence-corrected chi connectivity index (χ0v) is 8.48. The normalized spacial score (nSPS) is 17.5. The Morgan fingerprint density at radius 1 is 1.40 bits per heavy atom. The molecule has 0 aromatic heterocycles. The molecule has 76 valence electrons. The van der Waals surface area contributed by atoms with Crippen LogP contribution in [0.1, 0.15) is 0 Å². The molecule has 0 bridgehead atoms. The molecule has 3 nitrogen and oxygen atoms in total. The summed E-state index contributed by atoms with van der Waals surface area (Å²) in [5, 5.41) is 3.22. The van der Waals surface area contributed by atoms with Crippen LogP contribution in [0.15, 0.2) is 35.3 Å². The number of terminal acetylenes is 1. The third-order valence-electron chi connectivity index (χ3n) is 2.24. The number of nitrogens with one attached hydrogen (secondary N) is 1. The average molecular weight is 199 g/mol. The van der Waals surface area contributed by atoms with E-state index in [1.54, 1.807) is 0 Å². The summed E-state index contributed by atoms with van der Waals surface area (Å²) in [4.78, 5) is 6.56. The first kappa shape index (κ1) is 9.60. The Bertz CT molecular complexity index is 389. The van der Waals surface area contributed by atoms with Gasteiger partial charge in [-0.25, -0.2) is 4.99 Å². The lowest BCUT2D eigenvalue weighted by molar-refractivity contribution is 0.521. The molecule has 0 aliphatic carbocycles. The summed E-state index contributed by atoms with van der Waals surface area (Å²) in [5.74, 6) is 3.50. The Balaban J connectivity index is 2.16. The smallest absolute Gasteiger partial charge is 0.200 e. The summed E-state index contributed by atoms with van der Waals surface area (Å²) in [5.41, 5.74) is 0.948. The monoisotopic (exact) mass is 199 g/mol. The first-order chi connectivity index (χ1) is 7.40. The Morgan fingerprint density at radius 2 is 2.20 bits per heavy atom. The minimum Gasteiger partial charge on any atom is -0.354 e. The van der Waals surface area contributed by atoms with Crippen molar-refractivity contribution in [1.82, 2.24) is 10.2 Å². The molecule has 1 aliphatic rings. The van der Waals surface area contributed by atoms with Crippen LogP contribution in [0.25, 0.3) is 0 Å². The molecule has 0 radical (unpaired) electrons. The molecule has 1 aromatic carbocycles. The molecule has 1 saturated heterocycles. The van der Waals surface area contributed by atoms with E-state index in [-0.39, 0.29) is 0 Å². The van der Waals surface area contributed by atoms with Gasteiger partial charge in [-0.15, -0.1) is 6.42 Å². The summed E-state index contributed by atoms with van der Waals surface area (Å²) in [7, 11) is 0. The molecule has 0 amide bonds. The zero-order valence-electron chi connectivity index (χ0n) is 8.48. The quantitative estimate of drug-likeness (QED) is 0.725. The van der Waals surface area contributed by atoms with Crippen molar-refractivity contribution in [2.24, 2.45) is 4.99 Å². The number of aliphatic imine (C=N–C) groups is 1. The Hall–Kier alpha value is -1.95. The van der Waals surface area contributed by atoms with Gasteiger partial charge in [0.25, 0.3) is 0 Å². The SMILES string of the molecule is C#CCN1CCN/C1=N\c1ccccc1. The zero-order chi connectivity index (χ0) is 10.5. The maximum atomic E-state index is 5.29. The number of hydrogen-bond acceptors (Lipinski definition) is 1. The number of rotatable bonds is 2. The van der Waals surface area contributed by atoms with Crippen LogP contribution in [-0.2, 0) is 0 Å². The minimum atomic E-state index is 0.610. The molecule has 1 N–H and O–H groups in total. The van der Waals surface area contributed by atoms with Crippen molar-refractivity contribution < 1.29 is 0 Å². The van der Waals surface area contributed by atoms with Gasteiger partial charge < -0.3 is 10.2 Å². The first-order valence-corrected chi connectivity index (χ1v) is 4.96. The van der Waals surface area contributed by atoms with Gasteiger partial charge in [0, 0.05) is 13.1 Å². The highest BCUT2D eigenvalue weighted by molar-refractivity contribution is 5.84. The fourth-order valence-electron chi connectivity index (χ4n) is 1.52. The predicted octanol–water partition coefficient (Wildman–Crippen LogP) is 1.21. The van der Waals surface area contributed by atoms with Crippen molar-refractivity contribution in [3.05, 3.63) is 30.3 Å². The van der Waals surface area contributed by atoms with Crippen LogP contribution < -0.4 is 5.32 Å². The van der Waals surface area contributed by atoms with E-state index in [0.717, 1.165) is 24.7 Å². The van der Waals surface area contributed by atoms with E-state index in [4.69, 9.17) is 6.42 Å². The fraction of sp³-hybridized carbons (Fsp3) is 0.250. The molecule has 0 saturated carbocycles. The van der Waals surface area contributed by atoms with Crippen molar-refractivity contribution in [1.29, 1.82) is 0 Å². The number of hydrogen-bond donors (Lipinski definition) is 1. The third kappa shape index (κ3) is 2.29. The van der Waals surface area contributed by atoms with Gasteiger partial charge in [-0.3, -0.25) is 0 Å². The molecular formula is C12H13N3. The predicted molar refractivity (Wildman–Crippen MR) is 61.9 cm³/mol. The number of nitrogens with zero attached hydrogens (tertiary/aromatic N) is 2. The summed E-state index contributed by atoms with van der Waals surface area (Å²) >= 11 is 0. The van der Waals surface area contributed by atoms with Crippen LogP contribution in [0.4, 0.5) is 5.69 Å². The van der Waals surface area contributed by atoms with E-state index in [0.29, 0.717) is 6.54 Å². The average Bonchev–Trinajstić information content (AvgIpc) is 2.68. The van der Waals surface area contributed by atoms with Gasteiger partial charge in [0.15, 0.2) is 5.96 Å². The maximum Gasteiger partial charge on any atom is 0.200 e. The second-order valence-electron chi connectivity index (χ2n) is 3.32. The molecule has 0 unspecified atom stereocenters. The van der Waals surface area contributed by atoms with E-state index in [2.05, 4.69) is 21.1 Å². The largest absolute Gasteiger partial charge is 0.354 e. The van der Waals surface area contributed by atoms with E-state index in [1.807, 2.05) is 30.3 Å². The van der Waals surface area contributed by atoms with Crippen LogP contribution in [0.2, 0.25) is 0 Å². The van der Waals surface area contributed by atoms with E-state index in [9.17, 15) is 0 Å². The molecule has 0 spiro atoms. The highest BCUT2D eigenvalue weighted by Gasteiger charge is 2.16. The second kappa shape index (κ2) is 4.52. The lowest BCUT2D eigenvalue weighted by atomic mass is 10.3. The fourth-order valence-corrected chi connectivity index (χ4v) is 1.52. The summed E-state index contributed by atoms with van der Waals surface area (Å²) < 4.78 is 0. The van der Waals surface area contributed by atoms with E-state index in [1.165, 1.54) is 0 Å². The number of para-hydroxylation sites is 1. The number of benzene rings is 1. The van der Waals surface area contributed by atoms with Crippen LogP contribution in [0.3, 0.4) is 0 Å². The summed E-state index contributed by atoms with van der Waals surface area (Å²) in [6.45, 7) is 2.45. The standard InChI is InChI=1S/C12H13N3/c1-2-9-15-10-8-13-12(15)14-11-6-4-3-5-7-11/h1,3-7H,8-10H2,(H,13,14). The van der Waals surface area contributed by atoms with Crippen molar-refractivity contribution in [3.8, 4) is 12.3 Å². The van der Waals surface area contributed by atoms with E-state index < -0.39 is 0 Å². The second-order valence-corrected chi connectivity index (χ2v) is 3.32. The number of guanidine groups is 1. The molecule has 1 heterocycles. The van der Waals surface area contributed by atoms with Gasteiger partial charge in [-0.1, -0.05) is 24.1 Å². The van der Waals surface area contributed by atoms with E-state index >= 15 is 0 Å². The molecule has 2 rings (SSSR count). The minimum absolute atomic E-state index is 0.610. The van der Waals surface area contributed by atoms with Gasteiger partial charge in [-0.2, -0.15) is 0 Å². The van der Waals surface area contributed by atoms with Crippen molar-refractivity contribution in [3.63, 3.8) is 0 Å². The van der Waals surface area contributed by atoms with Crippen LogP contribution in [0, 0.1) is 12.3 Å². The van der Waals surface area contributed by atoms with Gasteiger partial charge in [0.2, 0.25) is 0 Å². The lowest BCUT2D eigenvalue weighted by Crippen LogP contribution is -2.30. The first-order valence-electron chi connectivity index (χ1n) is 4.96. The van der Waals surface area contributed by atoms with Crippen LogP contribution >= 0.6 is 0 Å².